The molecule has 1 amide bonds. The number of anilines is 2. The summed E-state index contributed by atoms with van der Waals surface area (Å²) < 4.78 is 4.65. The highest BCUT2D eigenvalue weighted by molar-refractivity contribution is 6.03. The highest BCUT2D eigenvalue weighted by Crippen LogP contribution is 2.21. The number of esters is 1. The summed E-state index contributed by atoms with van der Waals surface area (Å²) >= 11 is 0. The summed E-state index contributed by atoms with van der Waals surface area (Å²) in [6.07, 6.45) is 2.29. The van der Waals surface area contributed by atoms with Crippen LogP contribution in [0.15, 0.2) is 36.4 Å². The predicted octanol–water partition coefficient (Wildman–Crippen LogP) is 2.75. The molecule has 1 aliphatic heterocycles. The van der Waals surface area contributed by atoms with Gasteiger partial charge in [-0.1, -0.05) is 6.92 Å². The molecule has 2 heterocycles. The summed E-state index contributed by atoms with van der Waals surface area (Å²) in [6, 6.07) is 9.97. The van der Waals surface area contributed by atoms with Gasteiger partial charge in [-0.25, -0.2) is 4.79 Å². The van der Waals surface area contributed by atoms with Crippen LogP contribution in [0.5, 0.6) is 0 Å². The lowest BCUT2D eigenvalue weighted by molar-refractivity contribution is 0.0600. The second-order valence-corrected chi connectivity index (χ2v) is 6.47. The number of piperidine rings is 1. The fraction of sp³-hybridized carbons (Fsp3) is 0.368. The second kappa shape index (κ2) is 7.95. The van der Waals surface area contributed by atoms with Gasteiger partial charge in [0.15, 0.2) is 11.5 Å². The van der Waals surface area contributed by atoms with Crippen molar-refractivity contribution in [2.45, 2.75) is 19.8 Å². The number of carbonyl (C=O) groups is 2. The van der Waals surface area contributed by atoms with Crippen molar-refractivity contribution in [1.29, 1.82) is 0 Å². The third-order valence-corrected chi connectivity index (χ3v) is 4.55. The molecule has 1 N–H and O–H groups in total. The minimum absolute atomic E-state index is 0.246. The van der Waals surface area contributed by atoms with Crippen LogP contribution in [0, 0.1) is 5.92 Å². The maximum Gasteiger partial charge on any atom is 0.337 e. The topological polar surface area (TPSA) is 84.4 Å². The molecule has 1 saturated heterocycles. The summed E-state index contributed by atoms with van der Waals surface area (Å²) in [6.45, 7) is 4.19. The van der Waals surface area contributed by atoms with Crippen LogP contribution in [0.3, 0.4) is 0 Å². The SMILES string of the molecule is COC(=O)c1ccc(NC(=O)c2ccc(N3CCC(C)CC3)nn2)cc1. The minimum Gasteiger partial charge on any atom is -0.465 e. The smallest absolute Gasteiger partial charge is 0.337 e. The average molecular weight is 354 g/mol. The normalized spacial score (nSPS) is 14.8. The molecule has 136 valence electrons. The van der Waals surface area contributed by atoms with Crippen LogP contribution in [-0.2, 0) is 4.74 Å². The van der Waals surface area contributed by atoms with E-state index in [4.69, 9.17) is 0 Å². The average Bonchev–Trinajstić information content (AvgIpc) is 2.68. The number of aromatic nitrogens is 2. The van der Waals surface area contributed by atoms with E-state index in [0.717, 1.165) is 37.7 Å². The molecule has 1 aliphatic rings. The first kappa shape index (κ1) is 17.8. The lowest BCUT2D eigenvalue weighted by Gasteiger charge is -2.30. The Hall–Kier alpha value is -2.96. The Labute approximate surface area is 152 Å². The maximum atomic E-state index is 12.3. The number of ether oxygens (including phenoxy) is 1. The quantitative estimate of drug-likeness (QED) is 0.850. The monoisotopic (exact) mass is 354 g/mol. The van der Waals surface area contributed by atoms with Gasteiger partial charge in [-0.2, -0.15) is 0 Å². The Bertz CT molecular complexity index is 766. The first-order valence-electron chi connectivity index (χ1n) is 8.65. The lowest BCUT2D eigenvalue weighted by Crippen LogP contribution is -2.33. The van der Waals surface area contributed by atoms with E-state index < -0.39 is 5.97 Å². The Morgan fingerprint density at radius 2 is 1.77 bits per heavy atom. The van der Waals surface area contributed by atoms with Gasteiger partial charge in [0.25, 0.3) is 5.91 Å². The van der Waals surface area contributed by atoms with Crippen LogP contribution in [0.25, 0.3) is 0 Å². The van der Waals surface area contributed by atoms with Crippen LogP contribution in [0.4, 0.5) is 11.5 Å². The van der Waals surface area contributed by atoms with E-state index in [2.05, 4.69) is 32.1 Å². The molecule has 0 bridgehead atoms. The van der Waals surface area contributed by atoms with Gasteiger partial charge in [-0.3, -0.25) is 4.79 Å². The molecule has 2 aromatic rings. The summed E-state index contributed by atoms with van der Waals surface area (Å²) in [5, 5.41) is 11.0. The number of hydrogen-bond donors (Lipinski definition) is 1. The highest BCUT2D eigenvalue weighted by Gasteiger charge is 2.18. The van der Waals surface area contributed by atoms with E-state index in [-0.39, 0.29) is 11.6 Å². The maximum absolute atomic E-state index is 12.3. The number of nitrogens with one attached hydrogen (secondary N) is 1. The Balaban J connectivity index is 1.62. The first-order valence-corrected chi connectivity index (χ1v) is 8.65. The number of methoxy groups -OCH3 is 1. The molecule has 0 spiro atoms. The van der Waals surface area contributed by atoms with Gasteiger partial charge in [0, 0.05) is 18.8 Å². The lowest BCUT2D eigenvalue weighted by atomic mass is 9.99. The molecule has 0 unspecified atom stereocenters. The standard InChI is InChI=1S/C19H22N4O3/c1-13-9-11-23(12-10-13)17-8-7-16(21-22-17)18(24)20-15-5-3-14(4-6-15)19(25)26-2/h3-8,13H,9-12H2,1-2H3,(H,20,24). The van der Waals surface area contributed by atoms with Gasteiger partial charge in [-0.05, 0) is 55.2 Å². The molecular formula is C19H22N4O3. The number of benzene rings is 1. The van der Waals surface area contributed by atoms with Gasteiger partial charge in [0.1, 0.15) is 0 Å². The Kier molecular flexibility index (Phi) is 5.46. The van der Waals surface area contributed by atoms with Crippen molar-refractivity contribution in [2.75, 3.05) is 30.4 Å². The van der Waals surface area contributed by atoms with Crippen molar-refractivity contribution < 1.29 is 14.3 Å². The van der Waals surface area contributed by atoms with E-state index >= 15 is 0 Å². The van der Waals surface area contributed by atoms with E-state index in [0.29, 0.717) is 11.3 Å². The van der Waals surface area contributed by atoms with E-state index in [1.807, 2.05) is 6.07 Å². The van der Waals surface area contributed by atoms with Crippen LogP contribution >= 0.6 is 0 Å². The third kappa shape index (κ3) is 4.17. The largest absolute Gasteiger partial charge is 0.465 e. The Morgan fingerprint density at radius 1 is 1.08 bits per heavy atom. The summed E-state index contributed by atoms with van der Waals surface area (Å²) in [4.78, 5) is 25.9. The number of rotatable bonds is 4. The van der Waals surface area contributed by atoms with Crippen LogP contribution in [0.1, 0.15) is 40.6 Å². The molecule has 0 aliphatic carbocycles. The molecule has 0 atom stereocenters. The molecule has 1 aromatic carbocycles. The molecule has 26 heavy (non-hydrogen) atoms. The summed E-state index contributed by atoms with van der Waals surface area (Å²) in [5.41, 5.74) is 1.24. The molecule has 1 aromatic heterocycles. The van der Waals surface area contributed by atoms with Crippen LogP contribution < -0.4 is 10.2 Å². The molecule has 7 heteroatoms. The van der Waals surface area contributed by atoms with E-state index in [1.54, 1.807) is 30.3 Å². The molecule has 0 radical (unpaired) electrons. The van der Waals surface area contributed by atoms with Crippen molar-refractivity contribution in [3.8, 4) is 0 Å². The number of amides is 1. The van der Waals surface area contributed by atoms with Crippen molar-refractivity contribution >= 4 is 23.4 Å². The summed E-state index contributed by atoms with van der Waals surface area (Å²) in [5.74, 6) is 0.782. The zero-order valence-corrected chi connectivity index (χ0v) is 14.9. The second-order valence-electron chi connectivity index (χ2n) is 6.47. The zero-order chi connectivity index (χ0) is 18.5. The summed E-state index contributed by atoms with van der Waals surface area (Å²) in [7, 11) is 1.32. The fourth-order valence-electron chi connectivity index (χ4n) is 2.86. The molecule has 7 nitrogen and oxygen atoms in total. The van der Waals surface area contributed by atoms with Gasteiger partial charge in [0.2, 0.25) is 0 Å². The van der Waals surface area contributed by atoms with Crippen molar-refractivity contribution in [3.05, 3.63) is 47.7 Å². The third-order valence-electron chi connectivity index (χ3n) is 4.55. The number of carbonyl (C=O) groups excluding carboxylic acids is 2. The molecular weight excluding hydrogens is 332 g/mol. The zero-order valence-electron chi connectivity index (χ0n) is 14.9. The minimum atomic E-state index is -0.420. The molecule has 3 rings (SSSR count). The van der Waals surface area contributed by atoms with Crippen molar-refractivity contribution in [2.24, 2.45) is 5.92 Å². The number of hydrogen-bond acceptors (Lipinski definition) is 6. The van der Waals surface area contributed by atoms with Gasteiger partial charge >= 0.3 is 5.97 Å². The molecule has 1 fully saturated rings. The molecule has 0 saturated carbocycles. The van der Waals surface area contributed by atoms with E-state index in [1.165, 1.54) is 7.11 Å². The van der Waals surface area contributed by atoms with Gasteiger partial charge in [-0.15, -0.1) is 10.2 Å². The Morgan fingerprint density at radius 3 is 2.35 bits per heavy atom. The van der Waals surface area contributed by atoms with E-state index in [9.17, 15) is 9.59 Å². The number of nitrogens with zero attached hydrogens (tertiary/aromatic N) is 3. The van der Waals surface area contributed by atoms with Gasteiger partial charge in [0.05, 0.1) is 12.7 Å². The van der Waals surface area contributed by atoms with Crippen LogP contribution in [-0.4, -0.2) is 42.3 Å². The van der Waals surface area contributed by atoms with Gasteiger partial charge < -0.3 is 15.0 Å². The highest BCUT2D eigenvalue weighted by atomic mass is 16.5. The first-order chi connectivity index (χ1) is 12.6. The predicted molar refractivity (Wildman–Crippen MR) is 98.4 cm³/mol. The van der Waals surface area contributed by atoms with Crippen LogP contribution in [0.2, 0.25) is 0 Å². The van der Waals surface area contributed by atoms with Crippen molar-refractivity contribution in [3.63, 3.8) is 0 Å². The van der Waals surface area contributed by atoms with Crippen molar-refractivity contribution in [1.82, 2.24) is 10.2 Å². The fourth-order valence-corrected chi connectivity index (χ4v) is 2.86.